The molecule has 9 heteroatoms. The number of hydrogen-bond acceptors (Lipinski definition) is 6. The molecule has 0 aliphatic heterocycles. The first kappa shape index (κ1) is 24.7. The van der Waals surface area contributed by atoms with Gasteiger partial charge in [0.25, 0.3) is 0 Å². The van der Waals surface area contributed by atoms with E-state index in [2.05, 4.69) is 10.6 Å². The van der Waals surface area contributed by atoms with Gasteiger partial charge in [-0.2, -0.15) is 0 Å². The summed E-state index contributed by atoms with van der Waals surface area (Å²) in [5.74, 6) is -1.09. The van der Waals surface area contributed by atoms with Gasteiger partial charge in [-0.05, 0) is 23.4 Å². The molecule has 29 heavy (non-hydrogen) atoms. The lowest BCUT2D eigenvalue weighted by Crippen LogP contribution is -2.52. The molecule has 0 heterocycles. The first-order valence-corrected chi connectivity index (χ1v) is 9.51. The smallest absolute Gasteiger partial charge is 0.467 e. The molecular weight excluding hydrogens is 375 g/mol. The summed E-state index contributed by atoms with van der Waals surface area (Å²) >= 11 is 0. The highest BCUT2D eigenvalue weighted by Crippen LogP contribution is 2.08. The maximum atomic E-state index is 12.7. The quantitative estimate of drug-likeness (QED) is 0.408. The van der Waals surface area contributed by atoms with Crippen LogP contribution in [-0.4, -0.2) is 58.3 Å². The number of carbonyl (C=O) groups excluding carboxylic acids is 3. The minimum Gasteiger partial charge on any atom is -0.467 e. The van der Waals surface area contributed by atoms with Crippen LogP contribution in [0.1, 0.15) is 32.8 Å². The normalized spacial score (nSPS) is 12.8. The highest BCUT2D eigenvalue weighted by Gasteiger charge is 2.27. The van der Waals surface area contributed by atoms with Gasteiger partial charge in [0.15, 0.2) is 0 Å². The van der Waals surface area contributed by atoms with E-state index in [4.69, 9.17) is 14.0 Å². The van der Waals surface area contributed by atoms with Crippen molar-refractivity contribution in [2.45, 2.75) is 45.7 Å². The van der Waals surface area contributed by atoms with Crippen molar-refractivity contribution < 1.29 is 28.4 Å². The van der Waals surface area contributed by atoms with Gasteiger partial charge < -0.3 is 24.7 Å². The van der Waals surface area contributed by atoms with Crippen molar-refractivity contribution in [3.8, 4) is 0 Å². The Morgan fingerprint density at radius 1 is 0.966 bits per heavy atom. The van der Waals surface area contributed by atoms with Crippen LogP contribution in [0.2, 0.25) is 0 Å². The molecule has 8 nitrogen and oxygen atoms in total. The zero-order chi connectivity index (χ0) is 22.0. The number of rotatable bonds is 11. The third kappa shape index (κ3) is 8.25. The summed E-state index contributed by atoms with van der Waals surface area (Å²) in [6, 6.07) is 5.75. The molecule has 0 unspecified atom stereocenters. The second-order valence-electron chi connectivity index (χ2n) is 7.22. The average molecular weight is 406 g/mol. The first-order chi connectivity index (χ1) is 13.7. The van der Waals surface area contributed by atoms with Crippen LogP contribution >= 0.6 is 0 Å². The summed E-state index contributed by atoms with van der Waals surface area (Å²) in [5.41, 5.74) is 1.66. The molecule has 2 amide bonds. The van der Waals surface area contributed by atoms with E-state index >= 15 is 0 Å². The minimum atomic E-state index is -0.873. The lowest BCUT2D eigenvalue weighted by molar-refractivity contribution is -0.145. The summed E-state index contributed by atoms with van der Waals surface area (Å²) in [5, 5.41) is 5.35. The summed E-state index contributed by atoms with van der Waals surface area (Å²) < 4.78 is 15.3. The molecule has 0 saturated heterocycles. The van der Waals surface area contributed by atoms with Gasteiger partial charge in [0.05, 0.1) is 7.11 Å². The predicted molar refractivity (Wildman–Crippen MR) is 111 cm³/mol. The Balaban J connectivity index is 2.92. The van der Waals surface area contributed by atoms with Crippen LogP contribution in [0.25, 0.3) is 0 Å². The third-order valence-electron chi connectivity index (χ3n) is 4.32. The third-order valence-corrected chi connectivity index (χ3v) is 4.32. The van der Waals surface area contributed by atoms with Crippen molar-refractivity contribution >= 4 is 30.4 Å². The van der Waals surface area contributed by atoms with Crippen molar-refractivity contribution in [3.63, 3.8) is 0 Å². The van der Waals surface area contributed by atoms with Crippen LogP contribution < -0.4 is 16.1 Å². The number of amides is 2. The van der Waals surface area contributed by atoms with E-state index in [1.54, 1.807) is 14.2 Å². The summed E-state index contributed by atoms with van der Waals surface area (Å²) in [6.07, 6.45) is 0.710. The molecule has 0 radical (unpaired) electrons. The zero-order valence-electron chi connectivity index (χ0n) is 18.0. The average Bonchev–Trinajstić information content (AvgIpc) is 2.67. The summed E-state index contributed by atoms with van der Waals surface area (Å²) in [4.78, 5) is 36.4. The maximum absolute atomic E-state index is 12.7. The Morgan fingerprint density at radius 2 is 1.55 bits per heavy atom. The topological polar surface area (TPSA) is 103 Å². The van der Waals surface area contributed by atoms with E-state index in [0.29, 0.717) is 6.42 Å². The fourth-order valence-corrected chi connectivity index (χ4v) is 2.97. The minimum absolute atomic E-state index is 0.191. The van der Waals surface area contributed by atoms with Crippen molar-refractivity contribution in [2.75, 3.05) is 21.3 Å². The number of hydrogen-bond donors (Lipinski definition) is 2. The maximum Gasteiger partial charge on any atom is 0.493 e. The molecule has 2 N–H and O–H groups in total. The Kier molecular flexibility index (Phi) is 10.4. The van der Waals surface area contributed by atoms with E-state index in [1.807, 2.05) is 38.1 Å². The molecule has 160 valence electrons. The van der Waals surface area contributed by atoms with Gasteiger partial charge in [-0.25, -0.2) is 4.79 Å². The molecule has 0 bridgehead atoms. The summed E-state index contributed by atoms with van der Waals surface area (Å²) in [6.45, 7) is 5.26. The molecule has 0 saturated carbocycles. The number of benzene rings is 1. The van der Waals surface area contributed by atoms with Crippen molar-refractivity contribution in [3.05, 3.63) is 29.8 Å². The molecule has 1 aromatic rings. The Hall–Kier alpha value is -2.39. The molecule has 0 aromatic heterocycles. The van der Waals surface area contributed by atoms with Gasteiger partial charge >= 0.3 is 13.1 Å². The van der Waals surface area contributed by atoms with Gasteiger partial charge in [-0.1, -0.05) is 38.1 Å². The van der Waals surface area contributed by atoms with E-state index in [1.165, 1.54) is 14.0 Å². The molecule has 0 fully saturated rings. The Bertz CT molecular complexity index is 676. The Labute approximate surface area is 172 Å². The number of carbonyl (C=O) groups is 3. The fourth-order valence-electron chi connectivity index (χ4n) is 2.97. The van der Waals surface area contributed by atoms with Gasteiger partial charge in [-0.15, -0.1) is 0 Å². The molecule has 2 atom stereocenters. The molecule has 1 aromatic carbocycles. The zero-order valence-corrected chi connectivity index (χ0v) is 18.0. The first-order valence-electron chi connectivity index (χ1n) is 9.51. The van der Waals surface area contributed by atoms with Crippen LogP contribution in [0.4, 0.5) is 0 Å². The molecular formula is C20H31BN2O6. The van der Waals surface area contributed by atoms with Crippen LogP contribution in [0.15, 0.2) is 24.3 Å². The lowest BCUT2D eigenvalue weighted by atomic mass is 9.78. The molecule has 0 spiro atoms. The monoisotopic (exact) mass is 406 g/mol. The van der Waals surface area contributed by atoms with Crippen LogP contribution in [0.3, 0.4) is 0 Å². The molecule has 0 aliphatic rings. The standard InChI is InChI=1S/C20H31BN2O6/c1-13(2)11-17(22-14(3)24)19(25)23-18(20(26)27-4)12-15-7-9-16(10-8-15)21(28-5)29-6/h7-10,13,17-18H,11-12H2,1-6H3,(H,22,24)(H,23,25)/t17-,18+/m0/s1. The van der Waals surface area contributed by atoms with E-state index in [9.17, 15) is 14.4 Å². The van der Waals surface area contributed by atoms with Gasteiger partial charge in [-0.3, -0.25) is 9.59 Å². The van der Waals surface area contributed by atoms with Gasteiger partial charge in [0.1, 0.15) is 12.1 Å². The van der Waals surface area contributed by atoms with Crippen molar-refractivity contribution in [1.82, 2.24) is 10.6 Å². The predicted octanol–water partition coefficient (Wildman–Crippen LogP) is 0.426. The van der Waals surface area contributed by atoms with E-state index in [-0.39, 0.29) is 18.2 Å². The fraction of sp³-hybridized carbons (Fsp3) is 0.550. The number of ether oxygens (including phenoxy) is 1. The van der Waals surface area contributed by atoms with Crippen molar-refractivity contribution in [2.24, 2.45) is 5.92 Å². The highest BCUT2D eigenvalue weighted by molar-refractivity contribution is 6.61. The van der Waals surface area contributed by atoms with E-state index < -0.39 is 31.1 Å². The molecule has 1 rings (SSSR count). The van der Waals surface area contributed by atoms with Gasteiger partial charge in [0, 0.05) is 27.6 Å². The second kappa shape index (κ2) is 12.2. The van der Waals surface area contributed by atoms with Crippen LogP contribution in [0, 0.1) is 5.92 Å². The largest absolute Gasteiger partial charge is 0.493 e. The highest BCUT2D eigenvalue weighted by atomic mass is 16.6. The molecule has 0 aliphatic carbocycles. The Morgan fingerprint density at radius 3 is 2.00 bits per heavy atom. The van der Waals surface area contributed by atoms with Gasteiger partial charge in [0.2, 0.25) is 11.8 Å². The SMILES string of the molecule is COB(OC)c1ccc(C[C@@H](NC(=O)[C@H](CC(C)C)NC(C)=O)C(=O)OC)cc1. The second-order valence-corrected chi connectivity index (χ2v) is 7.22. The summed E-state index contributed by atoms with van der Waals surface area (Å²) in [7, 11) is 3.89. The van der Waals surface area contributed by atoms with Crippen LogP contribution in [-0.2, 0) is 34.9 Å². The number of nitrogens with one attached hydrogen (secondary N) is 2. The van der Waals surface area contributed by atoms with Crippen molar-refractivity contribution in [1.29, 1.82) is 0 Å². The number of methoxy groups -OCH3 is 1. The van der Waals surface area contributed by atoms with E-state index in [0.717, 1.165) is 11.0 Å². The number of esters is 1. The van der Waals surface area contributed by atoms with Crippen LogP contribution in [0.5, 0.6) is 0 Å². The lowest BCUT2D eigenvalue weighted by Gasteiger charge is -2.23.